The summed E-state index contributed by atoms with van der Waals surface area (Å²) in [5.41, 5.74) is 0. The van der Waals surface area contributed by atoms with E-state index in [4.69, 9.17) is 4.74 Å². The van der Waals surface area contributed by atoms with Gasteiger partial charge in [0.1, 0.15) is 0 Å². The monoisotopic (exact) mass is 353 g/mol. The molecule has 24 heavy (non-hydrogen) atoms. The molecular weight excluding hydrogens is 326 g/mol. The van der Waals surface area contributed by atoms with Crippen molar-refractivity contribution in [1.82, 2.24) is 15.1 Å². The Balaban J connectivity index is 2.05. The maximum atomic E-state index is 12.8. The van der Waals surface area contributed by atoms with Crippen molar-refractivity contribution in [1.29, 1.82) is 0 Å². The fraction of sp³-hybridized carbons (Fsp3) is 0.647. The third-order valence-electron chi connectivity index (χ3n) is 4.25. The molecule has 7 heteroatoms. The van der Waals surface area contributed by atoms with Gasteiger partial charge < -0.3 is 15.0 Å². The van der Waals surface area contributed by atoms with Gasteiger partial charge in [0.25, 0.3) is 0 Å². The number of piperazine rings is 1. The summed E-state index contributed by atoms with van der Waals surface area (Å²) >= 11 is 1.63. The van der Waals surface area contributed by atoms with Gasteiger partial charge in [-0.3, -0.25) is 14.5 Å². The van der Waals surface area contributed by atoms with E-state index in [1.54, 1.807) is 23.3 Å². The van der Waals surface area contributed by atoms with Crippen LogP contribution < -0.4 is 5.32 Å². The molecule has 1 aliphatic rings. The van der Waals surface area contributed by atoms with Crippen LogP contribution in [0.15, 0.2) is 17.5 Å². The molecule has 1 unspecified atom stereocenters. The number of nitrogens with zero attached hydrogens (tertiary/aromatic N) is 2. The van der Waals surface area contributed by atoms with Gasteiger partial charge in [-0.25, -0.2) is 0 Å². The largest absolute Gasteiger partial charge is 0.383 e. The Bertz CT molecular complexity index is 533. The lowest BCUT2D eigenvalue weighted by molar-refractivity contribution is -0.140. The summed E-state index contributed by atoms with van der Waals surface area (Å²) in [5.74, 6) is -0.0562. The first kappa shape index (κ1) is 18.9. The topological polar surface area (TPSA) is 61.9 Å². The van der Waals surface area contributed by atoms with E-state index in [0.717, 1.165) is 11.4 Å². The molecule has 0 saturated carbocycles. The van der Waals surface area contributed by atoms with Crippen LogP contribution in [-0.4, -0.2) is 67.0 Å². The van der Waals surface area contributed by atoms with Crippen LogP contribution in [-0.2, 0) is 20.9 Å². The first-order chi connectivity index (χ1) is 11.5. The predicted octanol–water partition coefficient (Wildman–Crippen LogP) is 1.32. The number of rotatable bonds is 8. The van der Waals surface area contributed by atoms with Crippen molar-refractivity contribution in [3.05, 3.63) is 22.4 Å². The Morgan fingerprint density at radius 2 is 2.33 bits per heavy atom. The van der Waals surface area contributed by atoms with Crippen molar-refractivity contribution >= 4 is 23.2 Å². The molecule has 1 aromatic heterocycles. The summed E-state index contributed by atoms with van der Waals surface area (Å²) < 4.78 is 5.13. The second-order valence-corrected chi connectivity index (χ2v) is 7.26. The molecule has 0 aromatic carbocycles. The van der Waals surface area contributed by atoms with Crippen LogP contribution in [0.25, 0.3) is 0 Å². The van der Waals surface area contributed by atoms with Crippen molar-refractivity contribution in [2.45, 2.75) is 38.9 Å². The summed E-state index contributed by atoms with van der Waals surface area (Å²) in [6.45, 7) is 7.13. The highest BCUT2D eigenvalue weighted by molar-refractivity contribution is 7.09. The van der Waals surface area contributed by atoms with E-state index >= 15 is 0 Å². The average molecular weight is 353 g/mol. The van der Waals surface area contributed by atoms with Crippen LogP contribution in [0.1, 0.15) is 25.1 Å². The van der Waals surface area contributed by atoms with Crippen LogP contribution in [0.5, 0.6) is 0 Å². The Hall–Kier alpha value is -1.44. The molecule has 1 N–H and O–H groups in total. The molecule has 1 aromatic rings. The Morgan fingerprint density at radius 3 is 2.96 bits per heavy atom. The van der Waals surface area contributed by atoms with Gasteiger partial charge in [-0.2, -0.15) is 0 Å². The van der Waals surface area contributed by atoms with Crippen molar-refractivity contribution in [3.8, 4) is 0 Å². The minimum absolute atomic E-state index is 0.00634. The number of hydrogen-bond acceptors (Lipinski definition) is 5. The molecular formula is C17H27N3O3S. The Kier molecular flexibility index (Phi) is 7.20. The first-order valence-electron chi connectivity index (χ1n) is 8.35. The standard InChI is InChI=1S/C17H27N3O3S/c1-13(2)20-7-6-18-17(22)15(20)11-16(21)19(8-9-23-3)12-14-5-4-10-24-14/h4-5,10,13,15H,6-9,11-12H2,1-3H3,(H,18,22). The number of thiophene rings is 1. The summed E-state index contributed by atoms with van der Waals surface area (Å²) in [5, 5.41) is 4.88. The van der Waals surface area contributed by atoms with E-state index < -0.39 is 0 Å². The Morgan fingerprint density at radius 1 is 1.54 bits per heavy atom. The highest BCUT2D eigenvalue weighted by Crippen LogP contribution is 2.17. The third-order valence-corrected chi connectivity index (χ3v) is 5.11. The zero-order valence-corrected chi connectivity index (χ0v) is 15.5. The first-order valence-corrected chi connectivity index (χ1v) is 9.23. The molecule has 1 atom stereocenters. The summed E-state index contributed by atoms with van der Waals surface area (Å²) in [7, 11) is 1.63. The second-order valence-electron chi connectivity index (χ2n) is 6.23. The number of amides is 2. The smallest absolute Gasteiger partial charge is 0.237 e. The van der Waals surface area contributed by atoms with Gasteiger partial charge in [-0.1, -0.05) is 6.07 Å². The van der Waals surface area contributed by atoms with Gasteiger partial charge in [0, 0.05) is 37.7 Å². The molecule has 0 bridgehead atoms. The van der Waals surface area contributed by atoms with Gasteiger partial charge >= 0.3 is 0 Å². The van der Waals surface area contributed by atoms with Crippen molar-refractivity contribution in [2.24, 2.45) is 0 Å². The minimum Gasteiger partial charge on any atom is -0.383 e. The van der Waals surface area contributed by atoms with Crippen LogP contribution in [0.4, 0.5) is 0 Å². The number of ether oxygens (including phenoxy) is 1. The fourth-order valence-corrected chi connectivity index (χ4v) is 3.66. The van der Waals surface area contributed by atoms with Crippen LogP contribution in [0, 0.1) is 0 Å². The predicted molar refractivity (Wildman–Crippen MR) is 94.9 cm³/mol. The zero-order chi connectivity index (χ0) is 17.5. The summed E-state index contributed by atoms with van der Waals surface area (Å²) in [6.07, 6.45) is 0.207. The maximum absolute atomic E-state index is 12.8. The molecule has 2 rings (SSSR count). The molecule has 134 valence electrons. The molecule has 1 saturated heterocycles. The summed E-state index contributed by atoms with van der Waals surface area (Å²) in [4.78, 5) is 30.1. The number of carbonyl (C=O) groups is 2. The number of carbonyl (C=O) groups excluding carboxylic acids is 2. The normalized spacial score (nSPS) is 18.7. The van der Waals surface area contributed by atoms with E-state index in [9.17, 15) is 9.59 Å². The molecule has 6 nitrogen and oxygen atoms in total. The molecule has 2 heterocycles. The lowest BCUT2D eigenvalue weighted by atomic mass is 10.1. The fourth-order valence-electron chi connectivity index (χ4n) is 2.94. The number of hydrogen-bond donors (Lipinski definition) is 1. The van der Waals surface area contributed by atoms with Gasteiger partial charge in [-0.15, -0.1) is 11.3 Å². The summed E-state index contributed by atoms with van der Waals surface area (Å²) in [6, 6.07) is 3.85. The molecule has 1 aliphatic heterocycles. The van der Waals surface area contributed by atoms with E-state index in [-0.39, 0.29) is 30.3 Å². The van der Waals surface area contributed by atoms with Crippen LogP contribution >= 0.6 is 11.3 Å². The second kappa shape index (κ2) is 9.15. The van der Waals surface area contributed by atoms with E-state index in [2.05, 4.69) is 24.1 Å². The van der Waals surface area contributed by atoms with Crippen molar-refractivity contribution in [2.75, 3.05) is 33.4 Å². The van der Waals surface area contributed by atoms with Crippen molar-refractivity contribution in [3.63, 3.8) is 0 Å². The highest BCUT2D eigenvalue weighted by Gasteiger charge is 2.34. The lowest BCUT2D eigenvalue weighted by Gasteiger charge is -2.38. The molecule has 1 fully saturated rings. The minimum atomic E-state index is -0.389. The Labute approximate surface area is 147 Å². The van der Waals surface area contributed by atoms with E-state index in [1.165, 1.54) is 0 Å². The zero-order valence-electron chi connectivity index (χ0n) is 14.7. The lowest BCUT2D eigenvalue weighted by Crippen LogP contribution is -2.58. The quantitative estimate of drug-likeness (QED) is 0.766. The van der Waals surface area contributed by atoms with E-state index in [1.807, 2.05) is 17.5 Å². The SMILES string of the molecule is COCCN(Cc1cccs1)C(=O)CC1C(=O)NCCN1C(C)C. The highest BCUT2D eigenvalue weighted by atomic mass is 32.1. The van der Waals surface area contributed by atoms with Crippen LogP contribution in [0.3, 0.4) is 0 Å². The average Bonchev–Trinajstić information content (AvgIpc) is 3.06. The molecule has 2 amide bonds. The maximum Gasteiger partial charge on any atom is 0.237 e. The van der Waals surface area contributed by atoms with Crippen LogP contribution in [0.2, 0.25) is 0 Å². The van der Waals surface area contributed by atoms with Gasteiger partial charge in [0.05, 0.1) is 25.6 Å². The number of nitrogens with one attached hydrogen (secondary N) is 1. The van der Waals surface area contributed by atoms with Crippen molar-refractivity contribution < 1.29 is 14.3 Å². The van der Waals surface area contributed by atoms with Gasteiger partial charge in [0.2, 0.25) is 11.8 Å². The third kappa shape index (κ3) is 5.03. The molecule has 0 radical (unpaired) electrons. The molecule has 0 spiro atoms. The van der Waals surface area contributed by atoms with E-state index in [0.29, 0.717) is 26.2 Å². The number of methoxy groups -OCH3 is 1. The van der Waals surface area contributed by atoms with Gasteiger partial charge in [0.15, 0.2) is 0 Å². The molecule has 0 aliphatic carbocycles. The van der Waals surface area contributed by atoms with Gasteiger partial charge in [-0.05, 0) is 25.3 Å².